The Bertz CT molecular complexity index is 69.5. The molecule has 1 aliphatic rings. The first kappa shape index (κ1) is 8.43. The maximum absolute atomic E-state index is 8.36. The van der Waals surface area contributed by atoms with E-state index in [4.69, 9.17) is 9.90 Å². The molecule has 1 N–H and O–H groups in total. The molecular formula is C6H13NO2. The van der Waals surface area contributed by atoms with Gasteiger partial charge < -0.3 is 10.0 Å². The summed E-state index contributed by atoms with van der Waals surface area (Å²) in [5.74, 6) is 0. The minimum Gasteiger partial charge on any atom is -0.483 e. The van der Waals surface area contributed by atoms with Gasteiger partial charge in [-0.2, -0.15) is 0 Å². The van der Waals surface area contributed by atoms with Crippen LogP contribution in [0.25, 0.3) is 0 Å². The summed E-state index contributed by atoms with van der Waals surface area (Å²) < 4.78 is 0. The molecule has 0 aromatic heterocycles. The number of carboxylic acid groups (broad SMARTS) is 1. The largest absolute Gasteiger partial charge is 0.483 e. The summed E-state index contributed by atoms with van der Waals surface area (Å²) in [6, 6.07) is 0. The van der Waals surface area contributed by atoms with Crippen molar-refractivity contribution in [2.45, 2.75) is 12.8 Å². The Hall–Kier alpha value is -0.570. The van der Waals surface area contributed by atoms with Crippen molar-refractivity contribution in [3.05, 3.63) is 0 Å². The summed E-state index contributed by atoms with van der Waals surface area (Å²) in [7, 11) is 2.17. The molecule has 0 aromatic rings. The summed E-state index contributed by atoms with van der Waals surface area (Å²) in [6.07, 6.45) is 2.83. The Kier molecular flexibility index (Phi) is 5.21. The third kappa shape index (κ3) is 5.30. The molecule has 0 unspecified atom stereocenters. The predicted octanol–water partition coefficient (Wildman–Crippen LogP) is 0.413. The van der Waals surface area contributed by atoms with Crippen molar-refractivity contribution < 1.29 is 9.90 Å². The zero-order chi connectivity index (χ0) is 7.11. The number of hydrogen-bond acceptors (Lipinski definition) is 2. The molecule has 3 heteroatoms. The smallest absolute Gasteiger partial charge is 0.290 e. The van der Waals surface area contributed by atoms with E-state index in [1.807, 2.05) is 0 Å². The fourth-order valence-corrected chi connectivity index (χ4v) is 0.875. The number of nitrogens with zero attached hydrogens (tertiary/aromatic N) is 1. The van der Waals surface area contributed by atoms with E-state index in [2.05, 4.69) is 11.9 Å². The van der Waals surface area contributed by atoms with E-state index in [9.17, 15) is 0 Å². The molecular weight excluding hydrogens is 118 g/mol. The molecule has 9 heavy (non-hydrogen) atoms. The molecule has 54 valence electrons. The molecule has 1 fully saturated rings. The molecule has 3 nitrogen and oxygen atoms in total. The van der Waals surface area contributed by atoms with E-state index in [1.165, 1.54) is 25.9 Å². The lowest BCUT2D eigenvalue weighted by Gasteiger charge is -2.01. The standard InChI is InChI=1S/C5H11N.CH2O2/c1-6-4-2-3-5-6;2-1-3/h2-5H2,1H3;1H,(H,2,3). The Morgan fingerprint density at radius 1 is 1.44 bits per heavy atom. The normalized spacial score (nSPS) is 18.3. The summed E-state index contributed by atoms with van der Waals surface area (Å²) in [4.78, 5) is 10.7. The first-order valence-corrected chi connectivity index (χ1v) is 3.07. The molecule has 1 rings (SSSR count). The van der Waals surface area contributed by atoms with Crippen LogP contribution in [-0.4, -0.2) is 36.6 Å². The third-order valence-electron chi connectivity index (χ3n) is 1.33. The molecule has 0 atom stereocenters. The van der Waals surface area contributed by atoms with Crippen molar-refractivity contribution in [3.8, 4) is 0 Å². The third-order valence-corrected chi connectivity index (χ3v) is 1.33. The average Bonchev–Trinajstić information content (AvgIpc) is 2.20. The van der Waals surface area contributed by atoms with Crippen LogP contribution in [0.1, 0.15) is 12.8 Å². The van der Waals surface area contributed by atoms with Crippen LogP contribution in [0.15, 0.2) is 0 Å². The van der Waals surface area contributed by atoms with Crippen molar-refractivity contribution in [1.82, 2.24) is 4.90 Å². The van der Waals surface area contributed by atoms with Gasteiger partial charge in [-0.05, 0) is 33.0 Å². The van der Waals surface area contributed by atoms with Gasteiger partial charge in [0.05, 0.1) is 0 Å². The SMILES string of the molecule is CN1CCCC1.O=CO. The fourth-order valence-electron chi connectivity index (χ4n) is 0.875. The molecule has 0 aromatic carbocycles. The maximum atomic E-state index is 8.36. The lowest BCUT2D eigenvalue weighted by molar-refractivity contribution is -0.122. The maximum Gasteiger partial charge on any atom is 0.290 e. The zero-order valence-corrected chi connectivity index (χ0v) is 5.71. The fraction of sp³-hybridized carbons (Fsp3) is 0.833. The monoisotopic (exact) mass is 131 g/mol. The summed E-state index contributed by atoms with van der Waals surface area (Å²) in [6.45, 7) is 2.39. The van der Waals surface area contributed by atoms with Crippen LogP contribution in [0.5, 0.6) is 0 Å². The Labute approximate surface area is 55.3 Å². The van der Waals surface area contributed by atoms with Crippen LogP contribution in [0.2, 0.25) is 0 Å². The van der Waals surface area contributed by atoms with Gasteiger partial charge in [0.15, 0.2) is 0 Å². The van der Waals surface area contributed by atoms with E-state index in [-0.39, 0.29) is 6.47 Å². The van der Waals surface area contributed by atoms with Crippen LogP contribution in [0.3, 0.4) is 0 Å². The second kappa shape index (κ2) is 5.56. The topological polar surface area (TPSA) is 40.5 Å². The van der Waals surface area contributed by atoms with Crippen molar-refractivity contribution in [2.75, 3.05) is 20.1 Å². The predicted molar refractivity (Wildman–Crippen MR) is 35.4 cm³/mol. The summed E-state index contributed by atoms with van der Waals surface area (Å²) >= 11 is 0. The van der Waals surface area contributed by atoms with Gasteiger partial charge in [0, 0.05) is 0 Å². The van der Waals surface area contributed by atoms with E-state index in [1.54, 1.807) is 0 Å². The van der Waals surface area contributed by atoms with Crippen LogP contribution in [0, 0.1) is 0 Å². The minimum absolute atomic E-state index is 0.250. The molecule has 0 amide bonds. The highest BCUT2D eigenvalue weighted by Gasteiger charge is 2.03. The van der Waals surface area contributed by atoms with Gasteiger partial charge in [-0.3, -0.25) is 4.79 Å². The molecule has 0 bridgehead atoms. The molecule has 1 aliphatic heterocycles. The number of likely N-dealkylation sites (tertiary alicyclic amines) is 1. The highest BCUT2D eigenvalue weighted by Crippen LogP contribution is 2.01. The van der Waals surface area contributed by atoms with Crippen LogP contribution >= 0.6 is 0 Å². The van der Waals surface area contributed by atoms with E-state index in [0.29, 0.717) is 0 Å². The number of carbonyl (C=O) groups is 1. The molecule has 0 aliphatic carbocycles. The number of rotatable bonds is 0. The van der Waals surface area contributed by atoms with Gasteiger partial charge in [0.25, 0.3) is 6.47 Å². The van der Waals surface area contributed by atoms with Crippen molar-refractivity contribution in [2.24, 2.45) is 0 Å². The quantitative estimate of drug-likeness (QED) is 0.484. The van der Waals surface area contributed by atoms with Gasteiger partial charge in [0.1, 0.15) is 0 Å². The van der Waals surface area contributed by atoms with Crippen molar-refractivity contribution in [3.63, 3.8) is 0 Å². The Morgan fingerprint density at radius 2 is 1.78 bits per heavy atom. The van der Waals surface area contributed by atoms with Gasteiger partial charge in [-0.25, -0.2) is 0 Å². The van der Waals surface area contributed by atoms with Crippen molar-refractivity contribution >= 4 is 6.47 Å². The number of hydrogen-bond donors (Lipinski definition) is 1. The molecule has 1 heterocycles. The van der Waals surface area contributed by atoms with Crippen molar-refractivity contribution in [1.29, 1.82) is 0 Å². The minimum atomic E-state index is -0.250. The molecule has 0 radical (unpaired) electrons. The zero-order valence-electron chi connectivity index (χ0n) is 5.71. The van der Waals surface area contributed by atoms with Gasteiger partial charge in [-0.15, -0.1) is 0 Å². The van der Waals surface area contributed by atoms with Gasteiger partial charge in [0.2, 0.25) is 0 Å². The van der Waals surface area contributed by atoms with Crippen LogP contribution < -0.4 is 0 Å². The summed E-state index contributed by atoms with van der Waals surface area (Å²) in [5.41, 5.74) is 0. The second-order valence-electron chi connectivity index (χ2n) is 2.12. The van der Waals surface area contributed by atoms with E-state index >= 15 is 0 Å². The first-order chi connectivity index (χ1) is 4.31. The summed E-state index contributed by atoms with van der Waals surface area (Å²) in [5, 5.41) is 6.89. The first-order valence-electron chi connectivity index (χ1n) is 3.07. The molecule has 0 spiro atoms. The highest BCUT2D eigenvalue weighted by atomic mass is 16.3. The Balaban J connectivity index is 0.000000187. The van der Waals surface area contributed by atoms with Gasteiger partial charge >= 0.3 is 0 Å². The average molecular weight is 131 g/mol. The van der Waals surface area contributed by atoms with E-state index in [0.717, 1.165) is 0 Å². The van der Waals surface area contributed by atoms with Crippen LogP contribution in [-0.2, 0) is 4.79 Å². The Morgan fingerprint density at radius 3 is 1.89 bits per heavy atom. The molecule has 1 saturated heterocycles. The van der Waals surface area contributed by atoms with E-state index < -0.39 is 0 Å². The lowest BCUT2D eigenvalue weighted by atomic mass is 10.4. The second-order valence-corrected chi connectivity index (χ2v) is 2.12. The van der Waals surface area contributed by atoms with Gasteiger partial charge in [-0.1, -0.05) is 0 Å². The highest BCUT2D eigenvalue weighted by molar-refractivity contribution is 5.32. The van der Waals surface area contributed by atoms with Crippen LogP contribution in [0.4, 0.5) is 0 Å². The lowest BCUT2D eigenvalue weighted by Crippen LogP contribution is -2.10. The molecule has 0 saturated carbocycles.